The topological polar surface area (TPSA) is 55.1 Å². The first kappa shape index (κ1) is 18.8. The van der Waals surface area contributed by atoms with E-state index in [0.29, 0.717) is 23.0 Å². The van der Waals surface area contributed by atoms with Crippen LogP contribution >= 0.6 is 23.6 Å². The number of hydrogen-bond donors (Lipinski definition) is 1. The first-order valence-corrected chi connectivity index (χ1v) is 11.2. The summed E-state index contributed by atoms with van der Waals surface area (Å²) in [5, 5.41) is 8.13. The van der Waals surface area contributed by atoms with Crippen LogP contribution in [0.4, 0.5) is 0 Å². The Bertz CT molecular complexity index is 1340. The molecular formula is C22H24N4OS2. The number of nitrogens with one attached hydrogen (secondary N) is 1. The molecule has 5 rings (SSSR count). The molecule has 1 atom stereocenters. The van der Waals surface area contributed by atoms with Crippen LogP contribution in [0.3, 0.4) is 0 Å². The van der Waals surface area contributed by atoms with Gasteiger partial charge in [-0.15, -0.1) is 16.4 Å². The monoisotopic (exact) mass is 424 g/mol. The summed E-state index contributed by atoms with van der Waals surface area (Å²) in [6.45, 7) is 7.42. The van der Waals surface area contributed by atoms with Gasteiger partial charge in [-0.3, -0.25) is 9.36 Å². The summed E-state index contributed by atoms with van der Waals surface area (Å²) in [4.78, 5) is 15.9. The van der Waals surface area contributed by atoms with Crippen LogP contribution in [0, 0.1) is 16.1 Å². The highest BCUT2D eigenvalue weighted by Gasteiger charge is 2.32. The molecule has 0 amide bonds. The van der Waals surface area contributed by atoms with Crippen molar-refractivity contribution < 1.29 is 0 Å². The molecule has 0 spiro atoms. The minimum absolute atomic E-state index is 0.0389. The number of nitrogens with zero attached hydrogens (tertiary/aromatic N) is 3. The molecule has 1 aromatic carbocycles. The number of hydrogen-bond acceptors (Lipinski definition) is 4. The Hall–Kier alpha value is -2.25. The van der Waals surface area contributed by atoms with Crippen LogP contribution in [-0.4, -0.2) is 19.2 Å². The highest BCUT2D eigenvalue weighted by atomic mass is 32.1. The standard InChI is InChI=1S/C22H24N4OS2/c1-22(2,3)14-9-10-15-16(11-14)29-19-17(15)18(27)25(12-13-7-5-4-6-8-13)20-23-24-21(28)26(19)20/h4-8,14H,9-12H2,1-3H3,(H,24,28)/t14-/m0/s1. The fourth-order valence-corrected chi connectivity index (χ4v) is 6.17. The zero-order valence-electron chi connectivity index (χ0n) is 16.9. The third-order valence-electron chi connectivity index (χ3n) is 6.21. The molecule has 1 aliphatic rings. The van der Waals surface area contributed by atoms with E-state index in [-0.39, 0.29) is 11.0 Å². The van der Waals surface area contributed by atoms with E-state index in [1.54, 1.807) is 15.9 Å². The first-order chi connectivity index (χ1) is 13.8. The highest BCUT2D eigenvalue weighted by Crippen LogP contribution is 2.42. The van der Waals surface area contributed by atoms with Crippen molar-refractivity contribution in [1.29, 1.82) is 0 Å². The first-order valence-electron chi connectivity index (χ1n) is 10.0. The van der Waals surface area contributed by atoms with E-state index in [9.17, 15) is 4.79 Å². The van der Waals surface area contributed by atoms with Gasteiger partial charge in [0.25, 0.3) is 5.56 Å². The minimum Gasteiger partial charge on any atom is -0.272 e. The van der Waals surface area contributed by atoms with Gasteiger partial charge >= 0.3 is 0 Å². The predicted octanol–water partition coefficient (Wildman–Crippen LogP) is 4.97. The zero-order valence-corrected chi connectivity index (χ0v) is 18.5. The second-order valence-electron chi connectivity index (χ2n) is 9.03. The van der Waals surface area contributed by atoms with Gasteiger partial charge in [0.2, 0.25) is 10.5 Å². The molecule has 3 aromatic heterocycles. The molecule has 0 fully saturated rings. The summed E-state index contributed by atoms with van der Waals surface area (Å²) in [6.07, 6.45) is 3.10. The molecule has 0 unspecified atom stereocenters. The SMILES string of the molecule is CC(C)(C)[C@H]1CCc2c(sc3c2c(=O)n(Cc2ccccc2)c2n[nH]c(=S)n32)C1. The number of fused-ring (bicyclic) bond motifs is 5. The molecule has 29 heavy (non-hydrogen) atoms. The number of aromatic amines is 1. The van der Waals surface area contributed by atoms with Crippen molar-refractivity contribution in [2.24, 2.45) is 11.3 Å². The number of aryl methyl sites for hydroxylation is 1. The molecule has 4 aromatic rings. The van der Waals surface area contributed by atoms with Gasteiger partial charge in [0, 0.05) is 4.88 Å². The van der Waals surface area contributed by atoms with Crippen LogP contribution in [0.1, 0.15) is 43.2 Å². The van der Waals surface area contributed by atoms with Crippen molar-refractivity contribution in [2.45, 2.75) is 46.6 Å². The smallest absolute Gasteiger partial charge is 0.264 e. The van der Waals surface area contributed by atoms with E-state index in [1.165, 1.54) is 10.4 Å². The Morgan fingerprint density at radius 2 is 2.03 bits per heavy atom. The predicted molar refractivity (Wildman–Crippen MR) is 121 cm³/mol. The lowest BCUT2D eigenvalue weighted by Gasteiger charge is -2.33. The maximum Gasteiger partial charge on any atom is 0.264 e. The van der Waals surface area contributed by atoms with Crippen LogP contribution in [0.2, 0.25) is 0 Å². The Balaban J connectivity index is 1.77. The van der Waals surface area contributed by atoms with E-state index < -0.39 is 0 Å². The molecule has 0 radical (unpaired) electrons. The third kappa shape index (κ3) is 2.99. The van der Waals surface area contributed by atoms with Gasteiger partial charge in [-0.2, -0.15) is 0 Å². The van der Waals surface area contributed by atoms with Crippen molar-refractivity contribution >= 4 is 39.5 Å². The molecule has 150 valence electrons. The molecule has 5 nitrogen and oxygen atoms in total. The average Bonchev–Trinajstić information content (AvgIpc) is 3.25. The fraction of sp³-hybridized carbons (Fsp3) is 0.409. The van der Waals surface area contributed by atoms with E-state index in [0.717, 1.165) is 35.0 Å². The number of rotatable bonds is 2. The normalized spacial score (nSPS) is 17.1. The molecular weight excluding hydrogens is 400 g/mol. The highest BCUT2D eigenvalue weighted by molar-refractivity contribution is 7.71. The summed E-state index contributed by atoms with van der Waals surface area (Å²) >= 11 is 7.26. The summed E-state index contributed by atoms with van der Waals surface area (Å²) in [7, 11) is 0. The lowest BCUT2D eigenvalue weighted by Crippen LogP contribution is -2.27. The van der Waals surface area contributed by atoms with Crippen LogP contribution in [0.25, 0.3) is 16.0 Å². The minimum atomic E-state index is 0.0389. The molecule has 3 heterocycles. The quantitative estimate of drug-likeness (QED) is 0.462. The summed E-state index contributed by atoms with van der Waals surface area (Å²) in [6, 6.07) is 10.0. The Morgan fingerprint density at radius 1 is 1.28 bits per heavy atom. The van der Waals surface area contributed by atoms with Crippen LogP contribution in [-0.2, 0) is 19.4 Å². The van der Waals surface area contributed by atoms with E-state index in [2.05, 4.69) is 31.0 Å². The summed E-state index contributed by atoms with van der Waals surface area (Å²) in [5.74, 6) is 1.21. The van der Waals surface area contributed by atoms with Gasteiger partial charge < -0.3 is 0 Å². The molecule has 1 aliphatic carbocycles. The van der Waals surface area contributed by atoms with E-state index in [4.69, 9.17) is 12.2 Å². The lowest BCUT2D eigenvalue weighted by atomic mass is 9.72. The van der Waals surface area contributed by atoms with Crippen molar-refractivity contribution in [1.82, 2.24) is 19.2 Å². The largest absolute Gasteiger partial charge is 0.272 e. The number of thiophene rings is 1. The van der Waals surface area contributed by atoms with Gasteiger partial charge in [-0.05, 0) is 53.9 Å². The molecule has 0 saturated carbocycles. The van der Waals surface area contributed by atoms with Crippen molar-refractivity contribution in [3.8, 4) is 0 Å². The second-order valence-corrected chi connectivity index (χ2v) is 10.5. The lowest BCUT2D eigenvalue weighted by molar-refractivity contribution is 0.218. The molecule has 0 aliphatic heterocycles. The molecule has 0 bridgehead atoms. The second kappa shape index (κ2) is 6.64. The maximum atomic E-state index is 13.6. The van der Waals surface area contributed by atoms with E-state index >= 15 is 0 Å². The molecule has 0 saturated heterocycles. The molecule has 7 heteroatoms. The van der Waals surface area contributed by atoms with Crippen LogP contribution in [0.5, 0.6) is 0 Å². The maximum absolute atomic E-state index is 13.6. The zero-order chi connectivity index (χ0) is 20.3. The van der Waals surface area contributed by atoms with Crippen LogP contribution < -0.4 is 5.56 Å². The third-order valence-corrected chi connectivity index (χ3v) is 7.73. The fourth-order valence-electron chi connectivity index (χ4n) is 4.48. The van der Waals surface area contributed by atoms with Crippen molar-refractivity contribution in [2.75, 3.05) is 0 Å². The van der Waals surface area contributed by atoms with Crippen LogP contribution in [0.15, 0.2) is 35.1 Å². The summed E-state index contributed by atoms with van der Waals surface area (Å²) < 4.78 is 4.24. The van der Waals surface area contributed by atoms with E-state index in [1.807, 2.05) is 34.7 Å². The van der Waals surface area contributed by atoms with Gasteiger partial charge in [-0.1, -0.05) is 51.1 Å². The van der Waals surface area contributed by atoms with Crippen molar-refractivity contribution in [3.05, 3.63) is 61.5 Å². The number of benzene rings is 1. The Morgan fingerprint density at radius 3 is 2.76 bits per heavy atom. The van der Waals surface area contributed by atoms with Gasteiger partial charge in [0.1, 0.15) is 4.83 Å². The Kier molecular flexibility index (Phi) is 4.29. The van der Waals surface area contributed by atoms with Gasteiger partial charge in [-0.25, -0.2) is 9.50 Å². The summed E-state index contributed by atoms with van der Waals surface area (Å²) in [5.41, 5.74) is 2.60. The van der Waals surface area contributed by atoms with Gasteiger partial charge in [0.05, 0.1) is 11.9 Å². The van der Waals surface area contributed by atoms with Gasteiger partial charge in [0.15, 0.2) is 0 Å². The molecule has 1 N–H and O–H groups in total. The number of aromatic nitrogens is 4. The van der Waals surface area contributed by atoms with Crippen molar-refractivity contribution in [3.63, 3.8) is 0 Å². The Labute approximate surface area is 178 Å². The number of H-pyrrole nitrogens is 1. The average molecular weight is 425 g/mol.